The average molecular weight is 116 g/mol. The second kappa shape index (κ2) is 3.02. The van der Waals surface area contributed by atoms with Crippen LogP contribution in [0.25, 0.3) is 0 Å². The van der Waals surface area contributed by atoms with Gasteiger partial charge in [-0.15, -0.1) is 0 Å². The highest BCUT2D eigenvalue weighted by atomic mass is 16.3. The SMILES string of the molecule is OCC1NCCCN1. The Morgan fingerprint density at radius 2 is 2.00 bits per heavy atom. The molecule has 8 heavy (non-hydrogen) atoms. The second-order valence-electron chi connectivity index (χ2n) is 2.00. The summed E-state index contributed by atoms with van der Waals surface area (Å²) in [5.41, 5.74) is 0. The molecule has 1 rings (SSSR count). The van der Waals surface area contributed by atoms with Crippen LogP contribution < -0.4 is 10.6 Å². The third-order valence-electron chi connectivity index (χ3n) is 1.32. The minimum atomic E-state index is 0.142. The van der Waals surface area contributed by atoms with Crippen molar-refractivity contribution in [1.82, 2.24) is 10.6 Å². The molecule has 0 aromatic rings. The fraction of sp³-hybridized carbons (Fsp3) is 1.00. The second-order valence-corrected chi connectivity index (χ2v) is 2.00. The molecule has 0 bridgehead atoms. The Balaban J connectivity index is 2.13. The number of rotatable bonds is 1. The predicted molar refractivity (Wildman–Crippen MR) is 31.5 cm³/mol. The highest BCUT2D eigenvalue weighted by Gasteiger charge is 2.07. The van der Waals surface area contributed by atoms with E-state index in [0.717, 1.165) is 19.5 Å². The molecule has 0 aliphatic carbocycles. The maximum Gasteiger partial charge on any atom is 0.0810 e. The number of hydrogen-bond acceptors (Lipinski definition) is 3. The molecule has 3 nitrogen and oxygen atoms in total. The van der Waals surface area contributed by atoms with E-state index in [2.05, 4.69) is 10.6 Å². The van der Waals surface area contributed by atoms with Crippen LogP contribution in [0.4, 0.5) is 0 Å². The molecule has 3 heteroatoms. The van der Waals surface area contributed by atoms with Crippen molar-refractivity contribution in [2.45, 2.75) is 12.6 Å². The predicted octanol–water partition coefficient (Wildman–Crippen LogP) is -1.11. The Kier molecular flexibility index (Phi) is 2.27. The van der Waals surface area contributed by atoms with Gasteiger partial charge in [0.2, 0.25) is 0 Å². The van der Waals surface area contributed by atoms with Gasteiger partial charge in [-0.25, -0.2) is 0 Å². The summed E-state index contributed by atoms with van der Waals surface area (Å²) in [5.74, 6) is 0. The van der Waals surface area contributed by atoms with Crippen LogP contribution in [0.15, 0.2) is 0 Å². The summed E-state index contributed by atoms with van der Waals surface area (Å²) >= 11 is 0. The van der Waals surface area contributed by atoms with Crippen LogP contribution in [-0.4, -0.2) is 31.0 Å². The van der Waals surface area contributed by atoms with E-state index in [1.54, 1.807) is 0 Å². The highest BCUT2D eigenvalue weighted by Crippen LogP contribution is 1.85. The lowest BCUT2D eigenvalue weighted by atomic mass is 10.3. The molecule has 1 fully saturated rings. The zero-order valence-electron chi connectivity index (χ0n) is 4.85. The Labute approximate surface area is 49.1 Å². The zero-order valence-corrected chi connectivity index (χ0v) is 4.85. The molecule has 0 radical (unpaired) electrons. The lowest BCUT2D eigenvalue weighted by Gasteiger charge is -2.22. The molecule has 1 aliphatic heterocycles. The summed E-state index contributed by atoms with van der Waals surface area (Å²) in [6, 6.07) is 0. The molecule has 48 valence electrons. The molecular weight excluding hydrogens is 104 g/mol. The van der Waals surface area contributed by atoms with E-state index < -0.39 is 0 Å². The minimum absolute atomic E-state index is 0.142. The van der Waals surface area contributed by atoms with Gasteiger partial charge in [0.15, 0.2) is 0 Å². The van der Waals surface area contributed by atoms with Crippen LogP contribution in [0.3, 0.4) is 0 Å². The minimum Gasteiger partial charge on any atom is -0.393 e. The molecular formula is C5H12N2O. The zero-order chi connectivity index (χ0) is 5.82. The van der Waals surface area contributed by atoms with Crippen molar-refractivity contribution in [3.8, 4) is 0 Å². The lowest BCUT2D eigenvalue weighted by molar-refractivity contribution is 0.205. The molecule has 0 spiro atoms. The Hall–Kier alpha value is -0.120. The molecule has 1 aliphatic rings. The summed E-state index contributed by atoms with van der Waals surface area (Å²) in [7, 11) is 0. The van der Waals surface area contributed by atoms with Crippen molar-refractivity contribution < 1.29 is 5.11 Å². The number of aliphatic hydroxyl groups excluding tert-OH is 1. The van der Waals surface area contributed by atoms with Crippen LogP contribution in [0.5, 0.6) is 0 Å². The molecule has 3 N–H and O–H groups in total. The van der Waals surface area contributed by atoms with Gasteiger partial charge in [-0.3, -0.25) is 10.6 Å². The van der Waals surface area contributed by atoms with Crippen molar-refractivity contribution in [1.29, 1.82) is 0 Å². The Morgan fingerprint density at radius 3 is 2.38 bits per heavy atom. The summed E-state index contributed by atoms with van der Waals surface area (Å²) in [6.07, 6.45) is 1.31. The molecule has 0 saturated carbocycles. The molecule has 1 heterocycles. The first-order chi connectivity index (χ1) is 3.93. The van der Waals surface area contributed by atoms with Crippen LogP contribution in [0, 0.1) is 0 Å². The lowest BCUT2D eigenvalue weighted by Crippen LogP contribution is -2.50. The van der Waals surface area contributed by atoms with E-state index >= 15 is 0 Å². The summed E-state index contributed by atoms with van der Waals surface area (Å²) in [6.45, 7) is 2.25. The van der Waals surface area contributed by atoms with E-state index in [0.29, 0.717) is 0 Å². The molecule has 1 saturated heterocycles. The topological polar surface area (TPSA) is 44.3 Å². The number of nitrogens with one attached hydrogen (secondary N) is 2. The van der Waals surface area contributed by atoms with E-state index in [-0.39, 0.29) is 12.8 Å². The van der Waals surface area contributed by atoms with Gasteiger partial charge in [0.25, 0.3) is 0 Å². The van der Waals surface area contributed by atoms with Crippen LogP contribution >= 0.6 is 0 Å². The highest BCUT2D eigenvalue weighted by molar-refractivity contribution is 4.68. The van der Waals surface area contributed by atoms with Gasteiger partial charge in [-0.1, -0.05) is 0 Å². The first-order valence-corrected chi connectivity index (χ1v) is 3.01. The monoisotopic (exact) mass is 116 g/mol. The maximum atomic E-state index is 8.57. The normalized spacial score (nSPS) is 23.6. The molecule has 0 unspecified atom stereocenters. The standard InChI is InChI=1S/C5H12N2O/c8-4-5-6-2-1-3-7-5/h5-8H,1-4H2. The first kappa shape index (κ1) is 6.01. The van der Waals surface area contributed by atoms with Gasteiger partial charge in [0, 0.05) is 0 Å². The summed E-state index contributed by atoms with van der Waals surface area (Å²) in [4.78, 5) is 0. The van der Waals surface area contributed by atoms with Gasteiger partial charge in [-0.2, -0.15) is 0 Å². The van der Waals surface area contributed by atoms with Gasteiger partial charge >= 0.3 is 0 Å². The summed E-state index contributed by atoms with van der Waals surface area (Å²) < 4.78 is 0. The van der Waals surface area contributed by atoms with E-state index in [1.807, 2.05) is 0 Å². The smallest absolute Gasteiger partial charge is 0.0810 e. The van der Waals surface area contributed by atoms with Crippen LogP contribution in [0.2, 0.25) is 0 Å². The van der Waals surface area contributed by atoms with Gasteiger partial charge in [-0.05, 0) is 19.5 Å². The van der Waals surface area contributed by atoms with Crippen molar-refractivity contribution >= 4 is 0 Å². The van der Waals surface area contributed by atoms with E-state index in [4.69, 9.17) is 5.11 Å². The Bertz CT molecular complexity index is 61.4. The number of hydrogen-bond donors (Lipinski definition) is 3. The van der Waals surface area contributed by atoms with Crippen LogP contribution in [-0.2, 0) is 0 Å². The van der Waals surface area contributed by atoms with E-state index in [9.17, 15) is 0 Å². The van der Waals surface area contributed by atoms with Crippen molar-refractivity contribution in [3.05, 3.63) is 0 Å². The molecule has 0 amide bonds. The largest absolute Gasteiger partial charge is 0.393 e. The first-order valence-electron chi connectivity index (χ1n) is 3.01. The number of aliphatic hydroxyl groups is 1. The third kappa shape index (κ3) is 1.43. The fourth-order valence-electron chi connectivity index (χ4n) is 0.842. The average Bonchev–Trinajstić information content (AvgIpc) is 1.90. The summed E-state index contributed by atoms with van der Waals surface area (Å²) in [5, 5.41) is 14.8. The van der Waals surface area contributed by atoms with E-state index in [1.165, 1.54) is 0 Å². The van der Waals surface area contributed by atoms with Gasteiger partial charge < -0.3 is 5.11 Å². The van der Waals surface area contributed by atoms with Crippen molar-refractivity contribution in [3.63, 3.8) is 0 Å². The molecule has 0 atom stereocenters. The Morgan fingerprint density at radius 1 is 1.38 bits per heavy atom. The van der Waals surface area contributed by atoms with Crippen molar-refractivity contribution in [2.24, 2.45) is 0 Å². The maximum absolute atomic E-state index is 8.57. The van der Waals surface area contributed by atoms with Crippen LogP contribution in [0.1, 0.15) is 6.42 Å². The third-order valence-corrected chi connectivity index (χ3v) is 1.32. The van der Waals surface area contributed by atoms with Gasteiger partial charge in [0.1, 0.15) is 0 Å². The fourth-order valence-corrected chi connectivity index (χ4v) is 0.842. The molecule has 0 aromatic carbocycles. The van der Waals surface area contributed by atoms with Gasteiger partial charge in [0.05, 0.1) is 12.8 Å². The quantitative estimate of drug-likeness (QED) is 0.407. The van der Waals surface area contributed by atoms with Crippen molar-refractivity contribution in [2.75, 3.05) is 19.7 Å². The molecule has 0 aromatic heterocycles.